The third kappa shape index (κ3) is 4.96. The van der Waals surface area contributed by atoms with Crippen molar-refractivity contribution in [2.45, 2.75) is 74.3 Å². The van der Waals surface area contributed by atoms with E-state index < -0.39 is 52.6 Å². The molecule has 2 N–H and O–H groups in total. The van der Waals surface area contributed by atoms with E-state index in [1.165, 1.54) is 19.3 Å². The summed E-state index contributed by atoms with van der Waals surface area (Å²) < 4.78 is 44.3. The number of fused-ring (bicyclic) bond motifs is 2. The second-order valence-corrected chi connectivity index (χ2v) is 16.4. The van der Waals surface area contributed by atoms with Crippen molar-refractivity contribution in [3.63, 3.8) is 0 Å². The SMILES string of the molecule is CCN1C[C@]2(COC)CC[C@H](OC)[C@]34C1[C@H]([C@H](OC)[C@H]23)[C@@]1(OC(=O)/C=C/c2ccc(O)c(OC)c2)C[C@H](OC)[C@@]2(O)C[C@@H]4[C@@H]1[C@H]2OC(=O)c1ccccc1. The Kier molecular flexibility index (Phi) is 9.42. The number of carbonyl (C=O) groups excluding carboxylic acids is 2. The number of piperidine rings is 1. The zero-order chi connectivity index (χ0) is 38.2. The molecule has 8 rings (SSSR count). The van der Waals surface area contributed by atoms with Gasteiger partial charge in [0.05, 0.1) is 37.6 Å². The highest BCUT2D eigenvalue weighted by atomic mass is 16.6. The van der Waals surface area contributed by atoms with E-state index in [2.05, 4.69) is 11.8 Å². The van der Waals surface area contributed by atoms with E-state index in [9.17, 15) is 19.8 Å². The van der Waals surface area contributed by atoms with Gasteiger partial charge in [0, 0.05) is 82.1 Å². The minimum Gasteiger partial charge on any atom is -0.504 e. The van der Waals surface area contributed by atoms with E-state index in [0.29, 0.717) is 17.7 Å². The Morgan fingerprint density at radius 3 is 2.39 bits per heavy atom. The summed E-state index contributed by atoms with van der Waals surface area (Å²) in [5, 5.41) is 23.2. The van der Waals surface area contributed by atoms with Crippen molar-refractivity contribution in [2.75, 3.05) is 55.2 Å². The maximum Gasteiger partial charge on any atom is 0.338 e. The number of methoxy groups -OCH3 is 5. The number of ether oxygens (including phenoxy) is 7. The van der Waals surface area contributed by atoms with Gasteiger partial charge in [0.2, 0.25) is 0 Å². The van der Waals surface area contributed by atoms with Crippen LogP contribution in [-0.2, 0) is 33.2 Å². The summed E-state index contributed by atoms with van der Waals surface area (Å²) >= 11 is 0. The van der Waals surface area contributed by atoms with Gasteiger partial charge in [-0.05, 0) is 67.6 Å². The highest BCUT2D eigenvalue weighted by Crippen LogP contribution is 2.80. The Hall–Kier alpha value is -3.52. The van der Waals surface area contributed by atoms with Crippen molar-refractivity contribution in [2.24, 2.45) is 34.5 Å². The molecule has 1 saturated heterocycles. The van der Waals surface area contributed by atoms with E-state index in [1.807, 2.05) is 6.07 Å². The quantitative estimate of drug-likeness (QED) is 0.238. The molecule has 5 saturated carbocycles. The summed E-state index contributed by atoms with van der Waals surface area (Å²) in [6.07, 6.45) is 2.64. The smallest absolute Gasteiger partial charge is 0.338 e. The highest BCUT2D eigenvalue weighted by molar-refractivity contribution is 5.90. The molecule has 12 nitrogen and oxygen atoms in total. The van der Waals surface area contributed by atoms with Gasteiger partial charge in [0.1, 0.15) is 17.3 Å². The van der Waals surface area contributed by atoms with Crippen molar-refractivity contribution in [3.8, 4) is 11.5 Å². The molecule has 2 aromatic rings. The van der Waals surface area contributed by atoms with Crippen LogP contribution in [-0.4, -0.2) is 124 Å². The lowest BCUT2D eigenvalue weighted by molar-refractivity contribution is -0.286. The van der Waals surface area contributed by atoms with E-state index in [1.54, 1.807) is 70.9 Å². The lowest BCUT2D eigenvalue weighted by Gasteiger charge is -2.69. The minimum absolute atomic E-state index is 0.0137. The first-order valence-electron chi connectivity index (χ1n) is 19.1. The molecule has 6 aliphatic rings. The number of aromatic hydroxyl groups is 1. The van der Waals surface area contributed by atoms with Gasteiger partial charge in [-0.15, -0.1) is 0 Å². The lowest BCUT2D eigenvalue weighted by Crippen LogP contribution is -2.77. The van der Waals surface area contributed by atoms with Gasteiger partial charge in [-0.2, -0.15) is 0 Å². The zero-order valence-electron chi connectivity index (χ0n) is 31.9. The molecule has 1 heterocycles. The van der Waals surface area contributed by atoms with Gasteiger partial charge < -0.3 is 43.4 Å². The third-order valence-electron chi connectivity index (χ3n) is 14.6. The maximum absolute atomic E-state index is 14.4. The fraction of sp³-hybridized carbons (Fsp3) is 0.619. The van der Waals surface area contributed by atoms with Crippen molar-refractivity contribution < 1.29 is 53.0 Å². The number of phenols is 1. The minimum atomic E-state index is -1.57. The number of hydrogen-bond donors (Lipinski definition) is 2. The molecule has 7 bridgehead atoms. The molecule has 2 aromatic carbocycles. The predicted molar refractivity (Wildman–Crippen MR) is 196 cm³/mol. The molecule has 292 valence electrons. The van der Waals surface area contributed by atoms with Crippen LogP contribution in [0.25, 0.3) is 6.08 Å². The molecule has 1 aliphatic heterocycles. The van der Waals surface area contributed by atoms with Gasteiger partial charge in [0.15, 0.2) is 11.5 Å². The van der Waals surface area contributed by atoms with E-state index >= 15 is 0 Å². The molecule has 13 atom stereocenters. The Balaban J connectivity index is 1.33. The number of benzene rings is 2. The average Bonchev–Trinajstić information content (AvgIpc) is 3.56. The molecule has 1 spiro atoms. The van der Waals surface area contributed by atoms with Gasteiger partial charge in [-0.1, -0.05) is 31.2 Å². The third-order valence-corrected chi connectivity index (χ3v) is 14.6. The molecule has 1 unspecified atom stereocenters. The number of nitrogens with zero attached hydrogens (tertiary/aromatic N) is 1. The summed E-state index contributed by atoms with van der Waals surface area (Å²) in [6.45, 7) is 4.21. The van der Waals surface area contributed by atoms with Crippen molar-refractivity contribution in [1.29, 1.82) is 0 Å². The topological polar surface area (TPSA) is 142 Å². The zero-order valence-corrected chi connectivity index (χ0v) is 31.9. The van der Waals surface area contributed by atoms with Crippen LogP contribution in [0.15, 0.2) is 54.6 Å². The predicted octanol–water partition coefficient (Wildman–Crippen LogP) is 4.11. The normalized spacial score (nSPS) is 41.5. The summed E-state index contributed by atoms with van der Waals surface area (Å²) in [6, 6.07) is 13.4. The second-order valence-electron chi connectivity index (χ2n) is 16.4. The highest BCUT2D eigenvalue weighted by Gasteiger charge is 2.89. The van der Waals surface area contributed by atoms with Crippen LogP contribution in [0.3, 0.4) is 0 Å². The van der Waals surface area contributed by atoms with Crippen molar-refractivity contribution >= 4 is 18.0 Å². The number of likely N-dealkylation sites (tertiary alicyclic amines) is 1. The summed E-state index contributed by atoms with van der Waals surface area (Å²) in [4.78, 5) is 31.0. The standard InChI is InChI=1S/C42H53NO11/c1-7-43-22-39(23-48-2)18-17-29(50-4)42-26-20-40(47)30(51-5)21-41(33(36(42)43)34(52-6)35(39)42,32(26)37(40)53-38(46)25-11-9-8-10-12-25)54-31(45)16-14-24-13-15-27(44)28(19-24)49-3/h8-16,19,26,29-30,32-37,44,47H,7,17-18,20-23H2,1-6H3/b16-14+/t26-,29+,30+,32-,33+,34+,35-,36?,37-,39+,40+,41-,42+/m1/s1. The van der Waals surface area contributed by atoms with Crippen LogP contribution >= 0.6 is 0 Å². The van der Waals surface area contributed by atoms with Crippen LogP contribution in [0.2, 0.25) is 0 Å². The molecule has 12 heteroatoms. The molecular formula is C42H53NO11. The van der Waals surface area contributed by atoms with Crippen molar-refractivity contribution in [1.82, 2.24) is 4.90 Å². The maximum atomic E-state index is 14.4. The first kappa shape index (κ1) is 37.4. The molecule has 0 amide bonds. The molecule has 54 heavy (non-hydrogen) atoms. The average molecular weight is 748 g/mol. The number of aliphatic hydroxyl groups is 1. The Morgan fingerprint density at radius 2 is 1.72 bits per heavy atom. The Labute approximate surface area is 316 Å². The van der Waals surface area contributed by atoms with E-state index in [0.717, 1.165) is 25.9 Å². The van der Waals surface area contributed by atoms with E-state index in [4.69, 9.17) is 33.2 Å². The molecule has 6 fully saturated rings. The second kappa shape index (κ2) is 13.6. The number of phenolic OH excluding ortho intramolecular Hbond substituents is 1. The summed E-state index contributed by atoms with van der Waals surface area (Å²) in [5.41, 5.74) is -2.73. The number of rotatable bonds is 12. The molecular weight excluding hydrogens is 694 g/mol. The Bertz CT molecular complexity index is 1790. The Morgan fingerprint density at radius 1 is 0.963 bits per heavy atom. The van der Waals surface area contributed by atoms with Gasteiger partial charge in [-0.25, -0.2) is 9.59 Å². The monoisotopic (exact) mass is 747 g/mol. The van der Waals surface area contributed by atoms with E-state index in [-0.39, 0.29) is 59.8 Å². The van der Waals surface area contributed by atoms with Crippen LogP contribution < -0.4 is 4.74 Å². The molecule has 5 aliphatic carbocycles. The first-order chi connectivity index (χ1) is 26.0. The lowest BCUT2D eigenvalue weighted by atomic mass is 9.43. The van der Waals surface area contributed by atoms with Gasteiger partial charge >= 0.3 is 11.9 Å². The largest absolute Gasteiger partial charge is 0.504 e. The fourth-order valence-electron chi connectivity index (χ4n) is 13.2. The van der Waals surface area contributed by atoms with Crippen LogP contribution in [0.1, 0.15) is 48.5 Å². The van der Waals surface area contributed by atoms with Crippen LogP contribution in [0.5, 0.6) is 11.5 Å². The number of carbonyl (C=O) groups is 2. The number of hydrogen-bond acceptors (Lipinski definition) is 12. The van der Waals surface area contributed by atoms with Crippen LogP contribution in [0.4, 0.5) is 0 Å². The fourth-order valence-corrected chi connectivity index (χ4v) is 13.2. The van der Waals surface area contributed by atoms with Gasteiger partial charge in [-0.3, -0.25) is 4.90 Å². The van der Waals surface area contributed by atoms with Gasteiger partial charge in [0.25, 0.3) is 0 Å². The summed E-state index contributed by atoms with van der Waals surface area (Å²) in [7, 11) is 8.28. The summed E-state index contributed by atoms with van der Waals surface area (Å²) in [5.74, 6) is -2.26. The molecule has 0 radical (unpaired) electrons. The van der Waals surface area contributed by atoms with Crippen molar-refractivity contribution in [3.05, 3.63) is 65.7 Å². The molecule has 0 aromatic heterocycles. The number of esters is 2. The van der Waals surface area contributed by atoms with Crippen LogP contribution in [0, 0.1) is 34.5 Å². The first-order valence-corrected chi connectivity index (χ1v) is 19.1.